The second-order valence-electron chi connectivity index (χ2n) is 4.66. The summed E-state index contributed by atoms with van der Waals surface area (Å²) in [5, 5.41) is 0.637. The van der Waals surface area contributed by atoms with Gasteiger partial charge in [0.2, 0.25) is 0 Å². The highest BCUT2D eigenvalue weighted by Crippen LogP contribution is 2.19. The molecule has 0 amide bonds. The minimum atomic E-state index is -0.120. The largest absolute Gasteiger partial charge is 0.326 e. The molecule has 3 N–H and O–H groups in total. The van der Waals surface area contributed by atoms with Crippen LogP contribution in [0.15, 0.2) is 47.3 Å². The van der Waals surface area contributed by atoms with Gasteiger partial charge in [0.1, 0.15) is 0 Å². The van der Waals surface area contributed by atoms with Crippen molar-refractivity contribution in [1.29, 1.82) is 0 Å². The number of fused-ring (bicyclic) bond motifs is 1. The van der Waals surface area contributed by atoms with Crippen molar-refractivity contribution in [3.8, 4) is 0 Å². The maximum absolute atomic E-state index is 12.0. The summed E-state index contributed by atoms with van der Waals surface area (Å²) < 4.78 is 1.70. The summed E-state index contributed by atoms with van der Waals surface area (Å²) >= 11 is 6.15. The first-order chi connectivity index (χ1) is 9.69. The molecule has 0 aliphatic carbocycles. The number of halogens is 1. The molecule has 0 atom stereocenters. The van der Waals surface area contributed by atoms with Gasteiger partial charge in [-0.25, -0.2) is 4.79 Å². The summed E-state index contributed by atoms with van der Waals surface area (Å²) in [5.74, 6) is 0. The molecule has 0 saturated heterocycles. The Morgan fingerprint density at radius 1 is 1.20 bits per heavy atom. The highest BCUT2D eigenvalue weighted by atomic mass is 35.5. The number of hydrogen-bond acceptors (Lipinski definition) is 2. The second kappa shape index (κ2) is 5.15. The van der Waals surface area contributed by atoms with E-state index in [9.17, 15) is 4.79 Å². The van der Waals surface area contributed by atoms with Gasteiger partial charge >= 0.3 is 5.69 Å². The molecule has 3 aromatic rings. The van der Waals surface area contributed by atoms with E-state index in [0.29, 0.717) is 18.1 Å². The van der Waals surface area contributed by atoms with E-state index in [1.54, 1.807) is 4.57 Å². The number of para-hydroxylation sites is 2. The molecule has 3 rings (SSSR count). The molecule has 2 aromatic carbocycles. The molecule has 0 bridgehead atoms. The fourth-order valence-electron chi connectivity index (χ4n) is 2.30. The fourth-order valence-corrected chi connectivity index (χ4v) is 2.58. The van der Waals surface area contributed by atoms with E-state index in [2.05, 4.69) is 4.98 Å². The minimum absolute atomic E-state index is 0.120. The van der Waals surface area contributed by atoms with E-state index in [4.69, 9.17) is 17.3 Å². The third-order valence-electron chi connectivity index (χ3n) is 3.36. The fraction of sp³-hybridized carbons (Fsp3) is 0.133. The van der Waals surface area contributed by atoms with Crippen LogP contribution >= 0.6 is 11.6 Å². The maximum Gasteiger partial charge on any atom is 0.326 e. The van der Waals surface area contributed by atoms with E-state index in [1.165, 1.54) is 0 Å². The van der Waals surface area contributed by atoms with Gasteiger partial charge in [-0.3, -0.25) is 4.57 Å². The minimum Gasteiger partial charge on any atom is -0.326 e. The van der Waals surface area contributed by atoms with E-state index < -0.39 is 0 Å². The Morgan fingerprint density at radius 3 is 2.75 bits per heavy atom. The normalized spacial score (nSPS) is 11.1. The highest BCUT2D eigenvalue weighted by molar-refractivity contribution is 6.31. The van der Waals surface area contributed by atoms with Crippen molar-refractivity contribution in [3.05, 3.63) is 69.1 Å². The molecule has 0 fully saturated rings. The number of nitrogens with zero attached hydrogens (tertiary/aromatic N) is 1. The van der Waals surface area contributed by atoms with Gasteiger partial charge in [0.15, 0.2) is 0 Å². The van der Waals surface area contributed by atoms with Crippen molar-refractivity contribution in [2.75, 3.05) is 0 Å². The first-order valence-corrected chi connectivity index (χ1v) is 6.72. The van der Waals surface area contributed by atoms with Gasteiger partial charge in [-0.15, -0.1) is 0 Å². The topological polar surface area (TPSA) is 63.8 Å². The summed E-state index contributed by atoms with van der Waals surface area (Å²) in [7, 11) is 0. The average Bonchev–Trinajstić information content (AvgIpc) is 2.76. The highest BCUT2D eigenvalue weighted by Gasteiger charge is 2.07. The molecule has 0 aliphatic rings. The number of aromatic nitrogens is 2. The number of hydrogen-bond donors (Lipinski definition) is 2. The monoisotopic (exact) mass is 287 g/mol. The number of nitrogens with one attached hydrogen (secondary N) is 1. The number of aromatic amines is 1. The Kier molecular flexibility index (Phi) is 3.34. The summed E-state index contributed by atoms with van der Waals surface area (Å²) in [6.45, 7) is 0.888. The van der Waals surface area contributed by atoms with Gasteiger partial charge in [-0.1, -0.05) is 35.9 Å². The van der Waals surface area contributed by atoms with Gasteiger partial charge in [0.25, 0.3) is 0 Å². The maximum atomic E-state index is 12.0. The van der Waals surface area contributed by atoms with Crippen LogP contribution in [0.3, 0.4) is 0 Å². The molecule has 0 radical (unpaired) electrons. The number of benzene rings is 2. The summed E-state index contributed by atoms with van der Waals surface area (Å²) in [6.07, 6.45) is 0. The van der Waals surface area contributed by atoms with Crippen molar-refractivity contribution in [2.24, 2.45) is 5.73 Å². The summed E-state index contributed by atoms with van der Waals surface area (Å²) in [6, 6.07) is 13.3. The summed E-state index contributed by atoms with van der Waals surface area (Å²) in [5.41, 5.74) is 9.07. The molecule has 0 aliphatic heterocycles. The van der Waals surface area contributed by atoms with E-state index in [0.717, 1.165) is 22.2 Å². The molecular formula is C15H14ClN3O. The first kappa shape index (κ1) is 13.0. The molecule has 0 saturated carbocycles. The van der Waals surface area contributed by atoms with Crippen molar-refractivity contribution in [2.45, 2.75) is 13.1 Å². The van der Waals surface area contributed by atoms with Crippen LogP contribution in [0.25, 0.3) is 11.0 Å². The first-order valence-electron chi connectivity index (χ1n) is 6.34. The average molecular weight is 288 g/mol. The Labute approximate surface area is 120 Å². The Hall–Kier alpha value is -2.04. The van der Waals surface area contributed by atoms with Crippen LogP contribution in [-0.2, 0) is 13.1 Å². The van der Waals surface area contributed by atoms with Crippen LogP contribution in [0.1, 0.15) is 11.1 Å². The van der Waals surface area contributed by atoms with Gasteiger partial charge in [-0.05, 0) is 29.3 Å². The molecule has 4 nitrogen and oxygen atoms in total. The van der Waals surface area contributed by atoms with Crippen molar-refractivity contribution in [1.82, 2.24) is 9.55 Å². The predicted octanol–water partition coefficient (Wildman–Crippen LogP) is 2.49. The Bertz CT molecular complexity index is 819. The molecule has 1 heterocycles. The van der Waals surface area contributed by atoms with Crippen molar-refractivity contribution < 1.29 is 0 Å². The van der Waals surface area contributed by atoms with Crippen LogP contribution in [0.4, 0.5) is 0 Å². The smallest absolute Gasteiger partial charge is 0.326 e. The SMILES string of the molecule is NCc1ccc(Cn2c(=O)[nH]c3ccccc32)cc1Cl. The van der Waals surface area contributed by atoms with Gasteiger partial charge < -0.3 is 10.7 Å². The summed E-state index contributed by atoms with van der Waals surface area (Å²) in [4.78, 5) is 14.8. The molecular weight excluding hydrogens is 274 g/mol. The van der Waals surface area contributed by atoms with E-state index >= 15 is 0 Å². The predicted molar refractivity (Wildman–Crippen MR) is 81.0 cm³/mol. The van der Waals surface area contributed by atoms with E-state index in [1.807, 2.05) is 42.5 Å². The zero-order chi connectivity index (χ0) is 14.1. The zero-order valence-corrected chi connectivity index (χ0v) is 11.5. The van der Waals surface area contributed by atoms with E-state index in [-0.39, 0.29) is 5.69 Å². The molecule has 1 aromatic heterocycles. The van der Waals surface area contributed by atoms with Gasteiger partial charge in [0.05, 0.1) is 17.6 Å². The van der Waals surface area contributed by atoms with Crippen LogP contribution < -0.4 is 11.4 Å². The lowest BCUT2D eigenvalue weighted by atomic mass is 10.1. The molecule has 20 heavy (non-hydrogen) atoms. The number of H-pyrrole nitrogens is 1. The third-order valence-corrected chi connectivity index (χ3v) is 3.71. The Morgan fingerprint density at radius 2 is 2.00 bits per heavy atom. The van der Waals surface area contributed by atoms with Crippen LogP contribution in [0.2, 0.25) is 5.02 Å². The zero-order valence-electron chi connectivity index (χ0n) is 10.8. The molecule has 0 spiro atoms. The molecule has 102 valence electrons. The van der Waals surface area contributed by atoms with Crippen molar-refractivity contribution in [3.63, 3.8) is 0 Å². The lowest BCUT2D eigenvalue weighted by Gasteiger charge is -2.07. The van der Waals surface area contributed by atoms with Crippen molar-refractivity contribution >= 4 is 22.6 Å². The van der Waals surface area contributed by atoms with Gasteiger partial charge in [-0.2, -0.15) is 0 Å². The number of imidazole rings is 1. The Balaban J connectivity index is 2.03. The van der Waals surface area contributed by atoms with Crippen LogP contribution in [0, 0.1) is 0 Å². The second-order valence-corrected chi connectivity index (χ2v) is 5.07. The van der Waals surface area contributed by atoms with Gasteiger partial charge in [0, 0.05) is 11.6 Å². The molecule has 5 heteroatoms. The number of nitrogens with two attached hydrogens (primary N) is 1. The third kappa shape index (κ3) is 2.24. The lowest BCUT2D eigenvalue weighted by Crippen LogP contribution is -2.17. The van der Waals surface area contributed by atoms with Crippen LogP contribution in [-0.4, -0.2) is 9.55 Å². The lowest BCUT2D eigenvalue weighted by molar-refractivity contribution is 0.786. The quantitative estimate of drug-likeness (QED) is 0.777. The number of rotatable bonds is 3. The molecule has 0 unspecified atom stereocenters. The van der Waals surface area contributed by atoms with Crippen LogP contribution in [0.5, 0.6) is 0 Å². The standard InChI is InChI=1S/C15H14ClN3O/c16-12-7-10(5-6-11(12)8-17)9-19-14-4-2-1-3-13(14)18-15(19)20/h1-7H,8-9,17H2,(H,18,20).